The minimum Gasteiger partial charge on any atom is -0.465 e. The SMILES string of the molecule is CC1CN(c2c(NC(=O)c3nc(-c4c(F)cccc4F)sc3NC(=O)OC(C)(C)C)cnn2CC(F)(F)F)CCN1C(=O)O. The maximum Gasteiger partial charge on any atom is 0.412 e. The molecule has 1 fully saturated rings. The van der Waals surface area contributed by atoms with Gasteiger partial charge in [0.2, 0.25) is 0 Å². The molecule has 44 heavy (non-hydrogen) atoms. The third-order valence-electron chi connectivity index (χ3n) is 6.19. The molecule has 3 heterocycles. The Bertz CT molecular complexity index is 1550. The zero-order valence-corrected chi connectivity index (χ0v) is 24.6. The first-order chi connectivity index (χ1) is 20.4. The van der Waals surface area contributed by atoms with Gasteiger partial charge in [-0.3, -0.25) is 10.1 Å². The minimum atomic E-state index is -4.69. The van der Waals surface area contributed by atoms with Gasteiger partial charge in [-0.1, -0.05) is 17.4 Å². The van der Waals surface area contributed by atoms with Crippen molar-refractivity contribution in [1.82, 2.24) is 19.7 Å². The highest BCUT2D eigenvalue weighted by molar-refractivity contribution is 7.19. The Morgan fingerprint density at radius 3 is 2.34 bits per heavy atom. The van der Waals surface area contributed by atoms with Crippen LogP contribution in [0.15, 0.2) is 24.4 Å². The first kappa shape index (κ1) is 32.4. The molecule has 12 nitrogen and oxygen atoms in total. The Morgan fingerprint density at radius 2 is 1.77 bits per heavy atom. The van der Waals surface area contributed by atoms with Crippen molar-refractivity contribution in [2.24, 2.45) is 0 Å². The quantitative estimate of drug-likeness (QED) is 0.293. The van der Waals surface area contributed by atoms with Gasteiger partial charge >= 0.3 is 18.4 Å². The number of hydrogen-bond acceptors (Lipinski definition) is 8. The van der Waals surface area contributed by atoms with E-state index in [1.807, 2.05) is 0 Å². The molecule has 1 unspecified atom stereocenters. The summed E-state index contributed by atoms with van der Waals surface area (Å²) in [5.74, 6) is -3.16. The molecule has 0 spiro atoms. The molecule has 2 aromatic heterocycles. The smallest absolute Gasteiger partial charge is 0.412 e. The van der Waals surface area contributed by atoms with E-state index in [0.717, 1.165) is 29.3 Å². The number of halogens is 5. The van der Waals surface area contributed by atoms with Crippen LogP contribution in [0.5, 0.6) is 0 Å². The van der Waals surface area contributed by atoms with E-state index in [2.05, 4.69) is 20.7 Å². The van der Waals surface area contributed by atoms with Gasteiger partial charge in [0.05, 0.1) is 11.8 Å². The van der Waals surface area contributed by atoms with E-state index < -0.39 is 65.3 Å². The number of anilines is 3. The molecule has 1 aliphatic heterocycles. The Balaban J connectivity index is 1.72. The number of nitrogens with zero attached hydrogens (tertiary/aromatic N) is 5. The molecular weight excluding hydrogens is 617 g/mol. The Kier molecular flexibility index (Phi) is 9.03. The Morgan fingerprint density at radius 1 is 1.11 bits per heavy atom. The Hall–Kier alpha value is -4.48. The number of thiazole rings is 1. The number of carbonyl (C=O) groups is 3. The molecule has 0 aliphatic carbocycles. The summed E-state index contributed by atoms with van der Waals surface area (Å²) in [6, 6.07) is 2.48. The van der Waals surface area contributed by atoms with E-state index in [-0.39, 0.29) is 41.1 Å². The van der Waals surface area contributed by atoms with Crippen LogP contribution >= 0.6 is 11.3 Å². The van der Waals surface area contributed by atoms with E-state index >= 15 is 0 Å². The predicted molar refractivity (Wildman–Crippen MR) is 150 cm³/mol. The fraction of sp³-hybridized carbons (Fsp3) is 0.423. The lowest BCUT2D eigenvalue weighted by Crippen LogP contribution is -2.54. The summed E-state index contributed by atoms with van der Waals surface area (Å²) in [6.07, 6.45) is -5.89. The number of hydrogen-bond donors (Lipinski definition) is 3. The lowest BCUT2D eigenvalue weighted by Gasteiger charge is -2.39. The standard InChI is InChI=1S/C26H28F5N7O5S/c1-13-11-36(8-9-37(13)24(41)42)22-16(10-32-38(22)12-26(29,30)31)33-19(39)18-21(35-23(40)43-25(2,3)4)44-20(34-18)17-14(27)6-5-7-15(17)28/h5-7,10,13H,8-9,11-12H2,1-4H3,(H,33,39)(H,35,40)(H,41,42). The highest BCUT2D eigenvalue weighted by atomic mass is 32.1. The molecule has 0 bridgehead atoms. The van der Waals surface area contributed by atoms with Crippen LogP contribution in [-0.4, -0.2) is 80.3 Å². The van der Waals surface area contributed by atoms with E-state index in [1.54, 1.807) is 27.7 Å². The highest BCUT2D eigenvalue weighted by Crippen LogP contribution is 2.37. The first-order valence-electron chi connectivity index (χ1n) is 13.1. The van der Waals surface area contributed by atoms with Crippen LogP contribution < -0.4 is 15.5 Å². The summed E-state index contributed by atoms with van der Waals surface area (Å²) in [7, 11) is 0. The third-order valence-corrected chi connectivity index (χ3v) is 7.18. The summed E-state index contributed by atoms with van der Waals surface area (Å²) < 4.78 is 75.3. The topological polar surface area (TPSA) is 142 Å². The number of piperazine rings is 1. The molecule has 4 rings (SSSR count). The average molecular weight is 646 g/mol. The first-order valence-corrected chi connectivity index (χ1v) is 13.9. The number of carboxylic acid groups (broad SMARTS) is 1. The van der Waals surface area contributed by atoms with E-state index in [9.17, 15) is 41.4 Å². The molecule has 3 aromatic rings. The van der Waals surface area contributed by atoms with E-state index in [1.165, 1.54) is 4.90 Å². The molecule has 1 saturated heterocycles. The van der Waals surface area contributed by atoms with Crippen LogP contribution in [-0.2, 0) is 11.3 Å². The van der Waals surface area contributed by atoms with Crippen molar-refractivity contribution in [3.63, 3.8) is 0 Å². The molecule has 0 saturated carbocycles. The molecule has 1 aromatic carbocycles. The van der Waals surface area contributed by atoms with Crippen molar-refractivity contribution >= 4 is 45.9 Å². The second-order valence-corrected chi connectivity index (χ2v) is 11.8. The predicted octanol–water partition coefficient (Wildman–Crippen LogP) is 5.63. The van der Waals surface area contributed by atoms with Crippen molar-refractivity contribution in [2.45, 2.75) is 52.1 Å². The van der Waals surface area contributed by atoms with Gasteiger partial charge in [-0.05, 0) is 39.8 Å². The van der Waals surface area contributed by atoms with Crippen molar-refractivity contribution < 1.29 is 46.2 Å². The zero-order chi connectivity index (χ0) is 32.6. The maximum atomic E-state index is 14.6. The number of alkyl halides is 3. The monoisotopic (exact) mass is 645 g/mol. The van der Waals surface area contributed by atoms with E-state index in [4.69, 9.17) is 4.74 Å². The van der Waals surface area contributed by atoms with Gasteiger partial charge in [0.15, 0.2) is 11.5 Å². The molecule has 18 heteroatoms. The molecule has 3 amide bonds. The normalized spacial score (nSPS) is 15.7. The van der Waals surface area contributed by atoms with E-state index in [0.29, 0.717) is 16.0 Å². The molecule has 1 atom stereocenters. The Labute approximate surface area is 251 Å². The van der Waals surface area contributed by atoms with Crippen molar-refractivity contribution in [1.29, 1.82) is 0 Å². The average Bonchev–Trinajstić information content (AvgIpc) is 3.45. The van der Waals surface area contributed by atoms with Crippen LogP contribution in [0, 0.1) is 11.6 Å². The largest absolute Gasteiger partial charge is 0.465 e. The minimum absolute atomic E-state index is 0.0120. The van der Waals surface area contributed by atoms with Gasteiger partial charge in [-0.25, -0.2) is 28.0 Å². The molecule has 238 valence electrons. The van der Waals surface area contributed by atoms with Crippen LogP contribution in [0.4, 0.5) is 48.0 Å². The summed E-state index contributed by atoms with van der Waals surface area (Å²) >= 11 is 0.578. The fourth-order valence-electron chi connectivity index (χ4n) is 4.47. The number of nitrogens with one attached hydrogen (secondary N) is 2. The van der Waals surface area contributed by atoms with Crippen LogP contribution in [0.25, 0.3) is 10.6 Å². The highest BCUT2D eigenvalue weighted by Gasteiger charge is 2.35. The van der Waals surface area contributed by atoms with Gasteiger partial charge in [-0.2, -0.15) is 18.3 Å². The second-order valence-electron chi connectivity index (χ2n) is 10.8. The summed E-state index contributed by atoms with van der Waals surface area (Å²) in [4.78, 5) is 44.2. The third kappa shape index (κ3) is 7.53. The summed E-state index contributed by atoms with van der Waals surface area (Å²) in [5.41, 5.74) is -2.18. The van der Waals surface area contributed by atoms with Crippen molar-refractivity contribution in [3.05, 3.63) is 41.7 Å². The molecule has 1 aliphatic rings. The molecular formula is C26H28F5N7O5S. The van der Waals surface area contributed by atoms with Gasteiger partial charge in [0.1, 0.15) is 39.5 Å². The number of carbonyl (C=O) groups excluding carboxylic acids is 2. The second kappa shape index (κ2) is 12.3. The number of aromatic nitrogens is 3. The van der Waals surface area contributed by atoms with Gasteiger partial charge in [-0.15, -0.1) is 0 Å². The van der Waals surface area contributed by atoms with Gasteiger partial charge in [0.25, 0.3) is 5.91 Å². The fourth-order valence-corrected chi connectivity index (χ4v) is 5.46. The maximum absolute atomic E-state index is 14.6. The molecule has 0 radical (unpaired) electrons. The summed E-state index contributed by atoms with van der Waals surface area (Å²) in [5, 5.41) is 17.4. The zero-order valence-electron chi connectivity index (χ0n) is 23.8. The van der Waals surface area contributed by atoms with Gasteiger partial charge in [0, 0.05) is 25.7 Å². The van der Waals surface area contributed by atoms with Crippen molar-refractivity contribution in [2.75, 3.05) is 35.2 Å². The summed E-state index contributed by atoms with van der Waals surface area (Å²) in [6.45, 7) is 4.77. The number of benzene rings is 1. The lowest BCUT2D eigenvalue weighted by molar-refractivity contribution is -0.142. The van der Waals surface area contributed by atoms with Crippen LogP contribution in [0.2, 0.25) is 0 Å². The van der Waals surface area contributed by atoms with Crippen molar-refractivity contribution in [3.8, 4) is 10.6 Å². The molecule has 3 N–H and O–H groups in total. The number of rotatable bonds is 6. The van der Waals surface area contributed by atoms with Crippen LogP contribution in [0.3, 0.4) is 0 Å². The van der Waals surface area contributed by atoms with Gasteiger partial charge < -0.3 is 25.0 Å². The lowest BCUT2D eigenvalue weighted by atomic mass is 10.2. The van der Waals surface area contributed by atoms with Crippen LogP contribution in [0.1, 0.15) is 38.2 Å². The number of amides is 3. The number of ether oxygens (including phenoxy) is 1.